The average molecular weight is 320 g/mol. The molecule has 1 atom stereocenters. The Balaban J connectivity index is 1.70. The van der Waals surface area contributed by atoms with Crippen molar-refractivity contribution in [2.24, 2.45) is 0 Å². The van der Waals surface area contributed by atoms with E-state index in [1.807, 2.05) is 17.0 Å². The van der Waals surface area contributed by atoms with E-state index in [0.717, 1.165) is 44.4 Å². The van der Waals surface area contributed by atoms with Gasteiger partial charge in [-0.1, -0.05) is 12.1 Å². The molecule has 5 nitrogen and oxygen atoms in total. The van der Waals surface area contributed by atoms with Crippen molar-refractivity contribution in [2.45, 2.75) is 44.6 Å². The molecule has 0 aromatic heterocycles. The molecule has 1 saturated heterocycles. The number of carbonyl (C=O) groups excluding carboxylic acids is 1. The fourth-order valence-corrected chi connectivity index (χ4v) is 3.10. The molecule has 2 amide bonds. The van der Waals surface area contributed by atoms with Crippen LogP contribution in [0.2, 0.25) is 0 Å². The van der Waals surface area contributed by atoms with Crippen molar-refractivity contribution in [3.8, 4) is 5.75 Å². The zero-order valence-electron chi connectivity index (χ0n) is 14.0. The van der Waals surface area contributed by atoms with Gasteiger partial charge in [0.1, 0.15) is 5.75 Å². The predicted molar refractivity (Wildman–Crippen MR) is 90.8 cm³/mol. The topological polar surface area (TPSA) is 61.8 Å². The van der Waals surface area contributed by atoms with Crippen LogP contribution in [0.25, 0.3) is 0 Å². The number of carbonyl (C=O) groups is 1. The van der Waals surface area contributed by atoms with E-state index in [9.17, 15) is 4.79 Å². The van der Waals surface area contributed by atoms with Gasteiger partial charge in [-0.2, -0.15) is 0 Å². The third kappa shape index (κ3) is 5.43. The number of amides is 2. The summed E-state index contributed by atoms with van der Waals surface area (Å²) in [5.41, 5.74) is 1.25. The molecule has 128 valence electrons. The Kier molecular flexibility index (Phi) is 7.20. The first-order valence-corrected chi connectivity index (χ1v) is 8.53. The van der Waals surface area contributed by atoms with Crippen LogP contribution in [0.4, 0.5) is 4.79 Å². The third-order valence-corrected chi connectivity index (χ3v) is 4.43. The zero-order chi connectivity index (χ0) is 16.5. The largest absolute Gasteiger partial charge is 0.497 e. The Morgan fingerprint density at radius 3 is 2.83 bits per heavy atom. The molecular formula is C18H28N2O3. The van der Waals surface area contributed by atoms with Gasteiger partial charge in [-0.15, -0.1) is 0 Å². The fraction of sp³-hybridized carbons (Fsp3) is 0.611. The number of hydrogen-bond donors (Lipinski definition) is 2. The van der Waals surface area contributed by atoms with Gasteiger partial charge in [0.15, 0.2) is 0 Å². The van der Waals surface area contributed by atoms with Gasteiger partial charge in [0.05, 0.1) is 7.11 Å². The Morgan fingerprint density at radius 1 is 1.35 bits per heavy atom. The summed E-state index contributed by atoms with van der Waals surface area (Å²) < 4.78 is 5.14. The van der Waals surface area contributed by atoms with Crippen LogP contribution in [0.5, 0.6) is 5.75 Å². The second-order valence-corrected chi connectivity index (χ2v) is 6.04. The lowest BCUT2D eigenvalue weighted by Gasteiger charge is -2.35. The number of aliphatic hydroxyl groups excluding tert-OH is 1. The lowest BCUT2D eigenvalue weighted by Crippen LogP contribution is -2.49. The van der Waals surface area contributed by atoms with Crippen LogP contribution < -0.4 is 10.1 Å². The molecule has 1 unspecified atom stereocenters. The van der Waals surface area contributed by atoms with Gasteiger partial charge < -0.3 is 20.1 Å². The maximum Gasteiger partial charge on any atom is 0.317 e. The molecule has 0 saturated carbocycles. The average Bonchev–Trinajstić information content (AvgIpc) is 2.60. The highest BCUT2D eigenvalue weighted by Crippen LogP contribution is 2.19. The lowest BCUT2D eigenvalue weighted by molar-refractivity contribution is 0.132. The molecule has 0 radical (unpaired) electrons. The smallest absolute Gasteiger partial charge is 0.317 e. The third-order valence-electron chi connectivity index (χ3n) is 4.43. The summed E-state index contributed by atoms with van der Waals surface area (Å²) >= 11 is 0. The molecular weight excluding hydrogens is 292 g/mol. The lowest BCUT2D eigenvalue weighted by atomic mass is 10.0. The zero-order valence-corrected chi connectivity index (χ0v) is 14.0. The number of likely N-dealkylation sites (tertiary alicyclic amines) is 1. The molecule has 1 aromatic carbocycles. The van der Waals surface area contributed by atoms with Crippen LogP contribution in [0.15, 0.2) is 24.3 Å². The minimum Gasteiger partial charge on any atom is -0.497 e. The molecule has 1 heterocycles. The van der Waals surface area contributed by atoms with E-state index in [1.54, 1.807) is 7.11 Å². The minimum atomic E-state index is 0.0119. The highest BCUT2D eigenvalue weighted by atomic mass is 16.5. The van der Waals surface area contributed by atoms with Crippen molar-refractivity contribution < 1.29 is 14.6 Å². The first kappa shape index (κ1) is 17.6. The van der Waals surface area contributed by atoms with Crippen molar-refractivity contribution >= 4 is 6.03 Å². The number of ether oxygens (including phenoxy) is 1. The van der Waals surface area contributed by atoms with E-state index in [4.69, 9.17) is 9.84 Å². The molecule has 23 heavy (non-hydrogen) atoms. The number of nitrogens with one attached hydrogen (secondary N) is 1. The van der Waals surface area contributed by atoms with Gasteiger partial charge >= 0.3 is 6.03 Å². The number of piperidine rings is 1. The molecule has 5 heteroatoms. The second-order valence-electron chi connectivity index (χ2n) is 6.04. The summed E-state index contributed by atoms with van der Waals surface area (Å²) in [7, 11) is 1.66. The van der Waals surface area contributed by atoms with Gasteiger partial charge in [0.2, 0.25) is 0 Å². The number of methoxy groups -OCH3 is 1. The monoisotopic (exact) mass is 320 g/mol. The SMILES string of the molecule is COc1ccc(CCCNC(=O)N2CCCCC2CCO)cc1. The number of rotatable bonds is 7. The van der Waals surface area contributed by atoms with Crippen molar-refractivity contribution in [1.82, 2.24) is 10.2 Å². The molecule has 0 spiro atoms. The number of aryl methyl sites for hydroxylation is 1. The molecule has 1 fully saturated rings. The van der Waals surface area contributed by atoms with E-state index < -0.39 is 0 Å². The standard InChI is InChI=1S/C18H28N2O3/c1-23-17-9-7-15(8-10-17)5-4-12-19-18(22)20-13-3-2-6-16(20)11-14-21/h7-10,16,21H,2-6,11-14H2,1H3,(H,19,22). The summed E-state index contributed by atoms with van der Waals surface area (Å²) in [6, 6.07) is 8.24. The molecule has 2 N–H and O–H groups in total. The van der Waals surface area contributed by atoms with Crippen molar-refractivity contribution in [3.05, 3.63) is 29.8 Å². The summed E-state index contributed by atoms with van der Waals surface area (Å²) in [6.45, 7) is 1.62. The number of urea groups is 1. The van der Waals surface area contributed by atoms with Crippen LogP contribution in [-0.2, 0) is 6.42 Å². The quantitative estimate of drug-likeness (QED) is 0.759. The van der Waals surface area contributed by atoms with Crippen molar-refractivity contribution in [3.63, 3.8) is 0 Å². The van der Waals surface area contributed by atoms with Gasteiger partial charge in [-0.3, -0.25) is 0 Å². The van der Waals surface area contributed by atoms with Crippen LogP contribution in [0.3, 0.4) is 0 Å². The van der Waals surface area contributed by atoms with Crippen LogP contribution in [0, 0.1) is 0 Å². The second kappa shape index (κ2) is 9.40. The molecule has 0 aliphatic carbocycles. The maximum absolute atomic E-state index is 12.3. The van der Waals surface area contributed by atoms with Crippen LogP contribution >= 0.6 is 0 Å². The normalized spacial score (nSPS) is 17.8. The van der Waals surface area contributed by atoms with E-state index in [1.165, 1.54) is 5.56 Å². The summed E-state index contributed by atoms with van der Waals surface area (Å²) in [4.78, 5) is 14.2. The fourth-order valence-electron chi connectivity index (χ4n) is 3.10. The van der Waals surface area contributed by atoms with Crippen LogP contribution in [0.1, 0.15) is 37.7 Å². The van der Waals surface area contributed by atoms with Gasteiger partial charge in [-0.25, -0.2) is 4.79 Å². The number of aliphatic hydroxyl groups is 1. The first-order valence-electron chi connectivity index (χ1n) is 8.53. The molecule has 2 rings (SSSR count). The highest BCUT2D eigenvalue weighted by Gasteiger charge is 2.25. The molecule has 1 aliphatic rings. The van der Waals surface area contributed by atoms with E-state index >= 15 is 0 Å². The molecule has 0 bridgehead atoms. The molecule has 1 aromatic rings. The summed E-state index contributed by atoms with van der Waals surface area (Å²) in [5, 5.41) is 12.1. The highest BCUT2D eigenvalue weighted by molar-refractivity contribution is 5.74. The van der Waals surface area contributed by atoms with E-state index in [0.29, 0.717) is 13.0 Å². The number of hydrogen-bond acceptors (Lipinski definition) is 3. The molecule has 1 aliphatic heterocycles. The number of nitrogens with zero attached hydrogens (tertiary/aromatic N) is 1. The maximum atomic E-state index is 12.3. The van der Waals surface area contributed by atoms with Crippen molar-refractivity contribution in [2.75, 3.05) is 26.8 Å². The first-order chi connectivity index (χ1) is 11.2. The Labute approximate surface area is 138 Å². The van der Waals surface area contributed by atoms with E-state index in [-0.39, 0.29) is 18.7 Å². The predicted octanol–water partition coefficient (Wildman–Crippen LogP) is 2.57. The number of benzene rings is 1. The Hall–Kier alpha value is -1.75. The van der Waals surface area contributed by atoms with Gasteiger partial charge in [0.25, 0.3) is 0 Å². The minimum absolute atomic E-state index is 0.0119. The van der Waals surface area contributed by atoms with E-state index in [2.05, 4.69) is 17.4 Å². The summed E-state index contributed by atoms with van der Waals surface area (Å²) in [6.07, 6.45) is 5.73. The van der Waals surface area contributed by atoms with Gasteiger partial charge in [-0.05, 0) is 56.2 Å². The summed E-state index contributed by atoms with van der Waals surface area (Å²) in [5.74, 6) is 0.863. The van der Waals surface area contributed by atoms with Gasteiger partial charge in [0, 0.05) is 25.7 Å². The van der Waals surface area contributed by atoms with Crippen LogP contribution in [-0.4, -0.2) is 48.9 Å². The Morgan fingerprint density at radius 2 is 2.13 bits per heavy atom. The Bertz CT molecular complexity index is 474. The van der Waals surface area contributed by atoms with Crippen molar-refractivity contribution in [1.29, 1.82) is 0 Å².